The van der Waals surface area contributed by atoms with E-state index in [4.69, 9.17) is 5.73 Å². The van der Waals surface area contributed by atoms with E-state index in [1.165, 1.54) is 6.07 Å². The molecule has 3 rings (SSSR count). The standard InChI is InChI=1S/C16H12N4O3/c17-15(21)14-13(18-20-19-14)10-5-3-4-9(8-10)11-6-1-2-7-12(11)16(22)23/h1-8H,(H2,17,21)(H,22,23)(H,18,19,20). The summed E-state index contributed by atoms with van der Waals surface area (Å²) in [5, 5.41) is 19.4. The zero-order valence-electron chi connectivity index (χ0n) is 11.9. The van der Waals surface area contributed by atoms with Crippen LogP contribution in [0.3, 0.4) is 0 Å². The SMILES string of the molecule is NC(=O)c1n[nH]nc1-c1cccc(-c2ccccc2C(=O)O)c1. The van der Waals surface area contributed by atoms with Gasteiger partial charge in [0.15, 0.2) is 5.69 Å². The van der Waals surface area contributed by atoms with Gasteiger partial charge in [-0.15, -0.1) is 0 Å². The maximum absolute atomic E-state index is 11.4. The van der Waals surface area contributed by atoms with Crippen molar-refractivity contribution in [2.45, 2.75) is 0 Å². The second-order valence-electron chi connectivity index (χ2n) is 4.82. The summed E-state index contributed by atoms with van der Waals surface area (Å²) in [5.41, 5.74) is 7.71. The van der Waals surface area contributed by atoms with E-state index in [1.54, 1.807) is 42.5 Å². The van der Waals surface area contributed by atoms with Crippen molar-refractivity contribution in [1.82, 2.24) is 15.4 Å². The van der Waals surface area contributed by atoms with E-state index < -0.39 is 11.9 Å². The Balaban J connectivity index is 2.13. The molecule has 0 unspecified atom stereocenters. The van der Waals surface area contributed by atoms with Crippen LogP contribution in [-0.4, -0.2) is 32.4 Å². The molecule has 7 heteroatoms. The first-order valence-electron chi connectivity index (χ1n) is 6.71. The zero-order chi connectivity index (χ0) is 16.4. The maximum Gasteiger partial charge on any atom is 0.336 e. The molecule has 4 N–H and O–H groups in total. The minimum atomic E-state index is -1.01. The number of nitrogens with one attached hydrogen (secondary N) is 1. The average Bonchev–Trinajstić information content (AvgIpc) is 3.05. The molecule has 0 bridgehead atoms. The molecule has 0 saturated heterocycles. The summed E-state index contributed by atoms with van der Waals surface area (Å²) in [6, 6.07) is 13.7. The number of carbonyl (C=O) groups excluding carboxylic acids is 1. The lowest BCUT2D eigenvalue weighted by Gasteiger charge is -2.07. The molecule has 3 aromatic rings. The molecule has 0 saturated carbocycles. The summed E-state index contributed by atoms with van der Waals surface area (Å²) >= 11 is 0. The van der Waals surface area contributed by atoms with Crippen molar-refractivity contribution >= 4 is 11.9 Å². The van der Waals surface area contributed by atoms with Crippen LogP contribution in [0, 0.1) is 0 Å². The van der Waals surface area contributed by atoms with Crippen LogP contribution in [0.15, 0.2) is 48.5 Å². The summed E-state index contributed by atoms with van der Waals surface area (Å²) in [7, 11) is 0. The van der Waals surface area contributed by atoms with Crippen molar-refractivity contribution in [2.75, 3.05) is 0 Å². The Morgan fingerprint density at radius 1 is 1.00 bits per heavy atom. The van der Waals surface area contributed by atoms with Gasteiger partial charge in [0.1, 0.15) is 5.69 Å². The van der Waals surface area contributed by atoms with Gasteiger partial charge < -0.3 is 10.8 Å². The van der Waals surface area contributed by atoms with E-state index in [-0.39, 0.29) is 11.3 Å². The minimum Gasteiger partial charge on any atom is -0.478 e. The van der Waals surface area contributed by atoms with Gasteiger partial charge in [0.2, 0.25) is 0 Å². The van der Waals surface area contributed by atoms with E-state index in [0.717, 1.165) is 0 Å². The van der Waals surface area contributed by atoms with Crippen LogP contribution < -0.4 is 5.73 Å². The quantitative estimate of drug-likeness (QED) is 0.679. The number of hydrogen-bond acceptors (Lipinski definition) is 4. The highest BCUT2D eigenvalue weighted by molar-refractivity contribution is 5.98. The van der Waals surface area contributed by atoms with Crippen molar-refractivity contribution in [3.05, 3.63) is 59.8 Å². The number of aromatic carboxylic acids is 1. The number of benzene rings is 2. The molecule has 0 atom stereocenters. The third-order valence-corrected chi connectivity index (χ3v) is 3.39. The topological polar surface area (TPSA) is 122 Å². The van der Waals surface area contributed by atoms with E-state index in [1.807, 2.05) is 0 Å². The number of hydrogen-bond donors (Lipinski definition) is 3. The molecule has 1 heterocycles. The van der Waals surface area contributed by atoms with Gasteiger partial charge in [-0.3, -0.25) is 4.79 Å². The van der Waals surface area contributed by atoms with E-state index in [0.29, 0.717) is 22.4 Å². The van der Waals surface area contributed by atoms with Gasteiger partial charge in [0, 0.05) is 5.56 Å². The lowest BCUT2D eigenvalue weighted by molar-refractivity contribution is 0.0697. The number of nitrogens with zero attached hydrogens (tertiary/aromatic N) is 2. The number of nitrogens with two attached hydrogens (primary N) is 1. The van der Waals surface area contributed by atoms with Crippen molar-refractivity contribution < 1.29 is 14.7 Å². The monoisotopic (exact) mass is 308 g/mol. The summed E-state index contributed by atoms with van der Waals surface area (Å²) in [5.74, 6) is -1.70. The Hall–Kier alpha value is -3.48. The Morgan fingerprint density at radius 3 is 2.48 bits per heavy atom. The van der Waals surface area contributed by atoms with E-state index in [2.05, 4.69) is 15.4 Å². The molecular weight excluding hydrogens is 296 g/mol. The number of aromatic nitrogens is 3. The molecule has 0 aliphatic rings. The molecule has 1 amide bonds. The second-order valence-corrected chi connectivity index (χ2v) is 4.82. The number of aromatic amines is 1. The van der Waals surface area contributed by atoms with Gasteiger partial charge >= 0.3 is 5.97 Å². The molecule has 0 aliphatic carbocycles. The highest BCUT2D eigenvalue weighted by Crippen LogP contribution is 2.28. The fraction of sp³-hybridized carbons (Fsp3) is 0. The second kappa shape index (κ2) is 5.72. The van der Waals surface area contributed by atoms with Gasteiger partial charge in [-0.25, -0.2) is 4.79 Å². The van der Waals surface area contributed by atoms with Crippen molar-refractivity contribution in [1.29, 1.82) is 0 Å². The molecule has 23 heavy (non-hydrogen) atoms. The molecular formula is C16H12N4O3. The van der Waals surface area contributed by atoms with Gasteiger partial charge in [0.25, 0.3) is 5.91 Å². The number of rotatable bonds is 4. The van der Waals surface area contributed by atoms with Crippen LogP contribution in [0.5, 0.6) is 0 Å². The molecule has 0 fully saturated rings. The normalized spacial score (nSPS) is 10.4. The predicted octanol–water partition coefficient (Wildman–Crippen LogP) is 1.94. The number of carboxylic acids is 1. The number of amides is 1. The minimum absolute atomic E-state index is 0.0358. The van der Waals surface area contributed by atoms with Gasteiger partial charge in [-0.1, -0.05) is 36.4 Å². The van der Waals surface area contributed by atoms with Crippen LogP contribution in [0.4, 0.5) is 0 Å². The van der Waals surface area contributed by atoms with Crippen LogP contribution in [-0.2, 0) is 0 Å². The van der Waals surface area contributed by atoms with Gasteiger partial charge in [0.05, 0.1) is 5.56 Å². The predicted molar refractivity (Wildman–Crippen MR) is 82.7 cm³/mol. The molecule has 0 aliphatic heterocycles. The first-order valence-corrected chi connectivity index (χ1v) is 6.71. The first kappa shape index (κ1) is 14.5. The third kappa shape index (κ3) is 2.67. The van der Waals surface area contributed by atoms with Crippen LogP contribution >= 0.6 is 0 Å². The molecule has 114 valence electrons. The van der Waals surface area contributed by atoms with Crippen molar-refractivity contribution in [3.8, 4) is 22.4 Å². The number of carbonyl (C=O) groups is 2. The highest BCUT2D eigenvalue weighted by atomic mass is 16.4. The summed E-state index contributed by atoms with van der Waals surface area (Å²) in [4.78, 5) is 22.7. The third-order valence-electron chi connectivity index (χ3n) is 3.39. The number of primary amides is 1. The van der Waals surface area contributed by atoms with Crippen molar-refractivity contribution in [3.63, 3.8) is 0 Å². The Bertz CT molecular complexity index is 902. The van der Waals surface area contributed by atoms with Gasteiger partial charge in [-0.05, 0) is 23.3 Å². The molecule has 0 spiro atoms. The average molecular weight is 308 g/mol. The van der Waals surface area contributed by atoms with Crippen LogP contribution in [0.1, 0.15) is 20.8 Å². The number of carboxylic acid groups (broad SMARTS) is 1. The summed E-state index contributed by atoms with van der Waals surface area (Å²) in [6.07, 6.45) is 0. The summed E-state index contributed by atoms with van der Waals surface area (Å²) in [6.45, 7) is 0. The Labute approximate surface area is 130 Å². The largest absolute Gasteiger partial charge is 0.478 e. The fourth-order valence-electron chi connectivity index (χ4n) is 2.36. The smallest absolute Gasteiger partial charge is 0.336 e. The zero-order valence-corrected chi connectivity index (χ0v) is 11.9. The van der Waals surface area contributed by atoms with E-state index >= 15 is 0 Å². The molecule has 7 nitrogen and oxygen atoms in total. The van der Waals surface area contributed by atoms with Crippen LogP contribution in [0.2, 0.25) is 0 Å². The highest BCUT2D eigenvalue weighted by Gasteiger charge is 2.16. The van der Waals surface area contributed by atoms with Gasteiger partial charge in [-0.2, -0.15) is 15.4 Å². The Morgan fingerprint density at radius 2 is 1.74 bits per heavy atom. The lowest BCUT2D eigenvalue weighted by Crippen LogP contribution is -2.12. The van der Waals surface area contributed by atoms with Crippen LogP contribution in [0.25, 0.3) is 22.4 Å². The number of H-pyrrole nitrogens is 1. The van der Waals surface area contributed by atoms with Crippen molar-refractivity contribution in [2.24, 2.45) is 5.73 Å². The molecule has 2 aromatic carbocycles. The summed E-state index contributed by atoms with van der Waals surface area (Å²) < 4.78 is 0. The van der Waals surface area contributed by atoms with E-state index in [9.17, 15) is 14.7 Å². The maximum atomic E-state index is 11.4. The fourth-order valence-corrected chi connectivity index (χ4v) is 2.36. The molecule has 1 aromatic heterocycles. The first-order chi connectivity index (χ1) is 11.1. The Kier molecular flexibility index (Phi) is 3.60. The lowest BCUT2D eigenvalue weighted by atomic mass is 9.97. The molecule has 0 radical (unpaired) electrons.